The van der Waals surface area contributed by atoms with Gasteiger partial charge in [-0.1, -0.05) is 29.3 Å². The predicted molar refractivity (Wildman–Crippen MR) is 61.5 cm³/mol. The second-order valence-corrected chi connectivity index (χ2v) is 3.88. The van der Waals surface area contributed by atoms with E-state index in [4.69, 9.17) is 28.9 Å². The minimum atomic E-state index is 0.339. The van der Waals surface area contributed by atoms with Gasteiger partial charge in [-0.3, -0.25) is 0 Å². The van der Waals surface area contributed by atoms with E-state index >= 15 is 0 Å². The van der Waals surface area contributed by atoms with Crippen LogP contribution >= 0.6 is 23.2 Å². The zero-order valence-corrected chi connectivity index (χ0v) is 9.33. The zero-order chi connectivity index (χ0) is 10.8. The number of aromatic nitrogens is 2. The van der Waals surface area contributed by atoms with Gasteiger partial charge in [0.05, 0.1) is 22.6 Å². The second-order valence-electron chi connectivity index (χ2n) is 3.03. The molecule has 1 aromatic heterocycles. The van der Waals surface area contributed by atoms with Crippen LogP contribution in [0.3, 0.4) is 0 Å². The molecule has 78 valence electrons. The molecule has 0 aliphatic carbocycles. The number of nitrogens with two attached hydrogens (primary N) is 1. The molecule has 0 unspecified atom stereocenters. The Morgan fingerprint density at radius 1 is 1.33 bits per heavy atom. The quantitative estimate of drug-likeness (QED) is 0.879. The van der Waals surface area contributed by atoms with E-state index in [1.807, 2.05) is 18.2 Å². The Bertz CT molecular complexity index is 479. The molecule has 5 heteroatoms. The Hall–Kier alpha value is -1.03. The van der Waals surface area contributed by atoms with Crippen LogP contribution in [0, 0.1) is 0 Å². The predicted octanol–water partition coefficient (Wildman–Crippen LogP) is 2.64. The maximum Gasteiger partial charge on any atom is 0.0835 e. The van der Waals surface area contributed by atoms with E-state index < -0.39 is 0 Å². The van der Waals surface area contributed by atoms with Crippen molar-refractivity contribution < 1.29 is 0 Å². The van der Waals surface area contributed by atoms with E-state index in [0.717, 1.165) is 11.4 Å². The van der Waals surface area contributed by atoms with E-state index in [2.05, 4.69) is 5.10 Å². The normalized spacial score (nSPS) is 10.6. The van der Waals surface area contributed by atoms with Crippen LogP contribution in [0.15, 0.2) is 30.5 Å². The summed E-state index contributed by atoms with van der Waals surface area (Å²) in [6.07, 6.45) is 1.57. The lowest BCUT2D eigenvalue weighted by Gasteiger charge is -2.06. The van der Waals surface area contributed by atoms with Gasteiger partial charge >= 0.3 is 0 Å². The van der Waals surface area contributed by atoms with Crippen molar-refractivity contribution in [3.63, 3.8) is 0 Å². The minimum Gasteiger partial charge on any atom is -0.325 e. The number of benzene rings is 1. The van der Waals surface area contributed by atoms with Crippen LogP contribution in [0.25, 0.3) is 5.69 Å². The third kappa shape index (κ3) is 2.00. The Balaban J connectivity index is 2.54. The molecule has 0 atom stereocenters. The van der Waals surface area contributed by atoms with Gasteiger partial charge in [0.2, 0.25) is 0 Å². The van der Waals surface area contributed by atoms with Crippen LogP contribution in [0.1, 0.15) is 5.69 Å². The second kappa shape index (κ2) is 4.23. The average Bonchev–Trinajstić information content (AvgIpc) is 2.59. The van der Waals surface area contributed by atoms with Gasteiger partial charge in [-0.2, -0.15) is 5.10 Å². The summed E-state index contributed by atoms with van der Waals surface area (Å²) in [6, 6.07) is 7.37. The van der Waals surface area contributed by atoms with E-state index in [1.54, 1.807) is 16.9 Å². The summed E-state index contributed by atoms with van der Waals surface area (Å²) < 4.78 is 1.69. The molecule has 0 bridgehead atoms. The van der Waals surface area contributed by atoms with Crippen molar-refractivity contribution in [1.82, 2.24) is 9.78 Å². The fraction of sp³-hybridized carbons (Fsp3) is 0.100. The van der Waals surface area contributed by atoms with Crippen LogP contribution in [0.2, 0.25) is 10.0 Å². The molecule has 1 aromatic carbocycles. The molecule has 2 aromatic rings. The van der Waals surface area contributed by atoms with Crippen LogP contribution in [0.5, 0.6) is 0 Å². The van der Waals surface area contributed by atoms with Crippen molar-refractivity contribution in [3.8, 4) is 5.69 Å². The molecule has 0 spiro atoms. The molecule has 0 aliphatic heterocycles. The molecule has 0 amide bonds. The van der Waals surface area contributed by atoms with Crippen LogP contribution in [0.4, 0.5) is 0 Å². The molecule has 2 rings (SSSR count). The van der Waals surface area contributed by atoms with Crippen LogP contribution in [-0.2, 0) is 6.54 Å². The molecule has 1 heterocycles. The van der Waals surface area contributed by atoms with Gasteiger partial charge in [0.1, 0.15) is 0 Å². The fourth-order valence-corrected chi connectivity index (χ4v) is 1.75. The molecular formula is C10H9Cl2N3. The third-order valence-electron chi connectivity index (χ3n) is 2.06. The summed E-state index contributed by atoms with van der Waals surface area (Å²) in [7, 11) is 0. The van der Waals surface area contributed by atoms with Crippen molar-refractivity contribution >= 4 is 23.2 Å². The SMILES string of the molecule is NCc1c(Cl)cnn1-c1cccc(Cl)c1. The highest BCUT2D eigenvalue weighted by Crippen LogP contribution is 2.20. The van der Waals surface area contributed by atoms with Gasteiger partial charge in [-0.05, 0) is 18.2 Å². The lowest BCUT2D eigenvalue weighted by Crippen LogP contribution is -2.07. The number of hydrogen-bond acceptors (Lipinski definition) is 2. The molecular weight excluding hydrogens is 233 g/mol. The van der Waals surface area contributed by atoms with Crippen molar-refractivity contribution in [2.24, 2.45) is 5.73 Å². The van der Waals surface area contributed by atoms with E-state index in [1.165, 1.54) is 0 Å². The van der Waals surface area contributed by atoms with E-state index in [-0.39, 0.29) is 0 Å². The first kappa shape index (κ1) is 10.5. The Labute approximate surface area is 97.4 Å². The Morgan fingerprint density at radius 3 is 2.80 bits per heavy atom. The van der Waals surface area contributed by atoms with E-state index in [0.29, 0.717) is 16.6 Å². The van der Waals surface area contributed by atoms with Gasteiger partial charge in [0, 0.05) is 11.6 Å². The number of halogens is 2. The lowest BCUT2D eigenvalue weighted by molar-refractivity contribution is 0.804. The van der Waals surface area contributed by atoms with E-state index in [9.17, 15) is 0 Å². The average molecular weight is 242 g/mol. The standard InChI is InChI=1S/C10H9Cl2N3/c11-7-2-1-3-8(4-7)15-10(5-13)9(12)6-14-15/h1-4,6H,5,13H2. The number of rotatable bonds is 2. The number of nitrogens with zero attached hydrogens (tertiary/aromatic N) is 2. The monoisotopic (exact) mass is 241 g/mol. The van der Waals surface area contributed by atoms with Gasteiger partial charge in [-0.15, -0.1) is 0 Å². The molecule has 0 fully saturated rings. The van der Waals surface area contributed by atoms with Crippen molar-refractivity contribution in [1.29, 1.82) is 0 Å². The van der Waals surface area contributed by atoms with Gasteiger partial charge < -0.3 is 5.73 Å². The largest absolute Gasteiger partial charge is 0.325 e. The van der Waals surface area contributed by atoms with Crippen LogP contribution < -0.4 is 5.73 Å². The van der Waals surface area contributed by atoms with Crippen molar-refractivity contribution in [3.05, 3.63) is 46.2 Å². The Kier molecular flexibility index (Phi) is 2.95. The van der Waals surface area contributed by atoms with Gasteiger partial charge in [0.25, 0.3) is 0 Å². The highest BCUT2D eigenvalue weighted by Gasteiger charge is 2.08. The molecule has 0 saturated carbocycles. The van der Waals surface area contributed by atoms with Gasteiger partial charge in [0.15, 0.2) is 0 Å². The summed E-state index contributed by atoms with van der Waals surface area (Å²) in [5.41, 5.74) is 7.23. The zero-order valence-electron chi connectivity index (χ0n) is 7.82. The molecule has 0 saturated heterocycles. The summed E-state index contributed by atoms with van der Waals surface area (Å²) in [6.45, 7) is 0.339. The van der Waals surface area contributed by atoms with Crippen molar-refractivity contribution in [2.75, 3.05) is 0 Å². The molecule has 2 N–H and O–H groups in total. The lowest BCUT2D eigenvalue weighted by atomic mass is 10.3. The van der Waals surface area contributed by atoms with Crippen molar-refractivity contribution in [2.45, 2.75) is 6.54 Å². The molecule has 15 heavy (non-hydrogen) atoms. The fourth-order valence-electron chi connectivity index (χ4n) is 1.37. The number of hydrogen-bond donors (Lipinski definition) is 1. The minimum absolute atomic E-state index is 0.339. The third-order valence-corrected chi connectivity index (χ3v) is 2.61. The smallest absolute Gasteiger partial charge is 0.0835 e. The topological polar surface area (TPSA) is 43.8 Å². The first-order chi connectivity index (χ1) is 7.22. The maximum absolute atomic E-state index is 5.94. The summed E-state index contributed by atoms with van der Waals surface area (Å²) in [5, 5.41) is 5.37. The summed E-state index contributed by atoms with van der Waals surface area (Å²) in [5.74, 6) is 0. The highest BCUT2D eigenvalue weighted by molar-refractivity contribution is 6.31. The molecule has 0 aliphatic rings. The molecule has 3 nitrogen and oxygen atoms in total. The Morgan fingerprint density at radius 2 is 2.13 bits per heavy atom. The molecule has 0 radical (unpaired) electrons. The highest BCUT2D eigenvalue weighted by atomic mass is 35.5. The summed E-state index contributed by atoms with van der Waals surface area (Å²) >= 11 is 11.8. The first-order valence-electron chi connectivity index (χ1n) is 4.41. The summed E-state index contributed by atoms with van der Waals surface area (Å²) in [4.78, 5) is 0. The first-order valence-corrected chi connectivity index (χ1v) is 5.16. The maximum atomic E-state index is 5.94. The van der Waals surface area contributed by atoms with Crippen LogP contribution in [-0.4, -0.2) is 9.78 Å². The van der Waals surface area contributed by atoms with Gasteiger partial charge in [-0.25, -0.2) is 4.68 Å².